The summed E-state index contributed by atoms with van der Waals surface area (Å²) in [6.45, 7) is 0.0441. The summed E-state index contributed by atoms with van der Waals surface area (Å²) >= 11 is 6.09. The molecule has 0 aliphatic heterocycles. The summed E-state index contributed by atoms with van der Waals surface area (Å²) in [6.07, 6.45) is 1.31. The molecule has 3 rings (SSSR count). The lowest BCUT2D eigenvalue weighted by Crippen LogP contribution is -1.92. The summed E-state index contributed by atoms with van der Waals surface area (Å²) in [4.78, 5) is 25.8. The van der Waals surface area contributed by atoms with E-state index in [1.165, 1.54) is 36.5 Å². The highest BCUT2D eigenvalue weighted by molar-refractivity contribution is 6.33. The second kappa shape index (κ2) is 8.31. The minimum absolute atomic E-state index is 0.0328. The minimum Gasteiger partial charge on any atom is -0.455 e. The summed E-state index contributed by atoms with van der Waals surface area (Å²) in [5, 5.41) is 25.7. The maximum absolute atomic E-state index is 10.9. The van der Waals surface area contributed by atoms with Crippen molar-refractivity contribution in [1.82, 2.24) is 0 Å². The molecule has 2 aromatic carbocycles. The number of nitro benzene ring substituents is 2. The van der Waals surface area contributed by atoms with Gasteiger partial charge in [-0.15, -0.1) is 0 Å². The molecule has 9 nitrogen and oxygen atoms in total. The Balaban J connectivity index is 1.66. The van der Waals surface area contributed by atoms with Crippen molar-refractivity contribution in [1.29, 1.82) is 0 Å². The van der Waals surface area contributed by atoms with Crippen LogP contribution in [0.15, 0.2) is 64.2 Å². The molecule has 0 bridgehead atoms. The Morgan fingerprint density at radius 1 is 1.04 bits per heavy atom. The van der Waals surface area contributed by atoms with E-state index in [1.807, 2.05) is 0 Å². The highest BCUT2D eigenvalue weighted by Gasteiger charge is 2.14. The molecule has 0 unspecified atom stereocenters. The van der Waals surface area contributed by atoms with Crippen LogP contribution in [-0.2, 0) is 11.4 Å². The monoisotopic (exact) mass is 401 g/mol. The van der Waals surface area contributed by atoms with Gasteiger partial charge in [0.1, 0.15) is 24.3 Å². The van der Waals surface area contributed by atoms with Crippen LogP contribution >= 0.6 is 11.6 Å². The number of halogens is 1. The second-order valence-electron chi connectivity index (χ2n) is 5.56. The molecular weight excluding hydrogens is 390 g/mol. The first-order chi connectivity index (χ1) is 13.4. The summed E-state index contributed by atoms with van der Waals surface area (Å²) in [7, 11) is 0. The zero-order valence-electron chi connectivity index (χ0n) is 14.1. The molecule has 3 aromatic rings. The summed E-state index contributed by atoms with van der Waals surface area (Å²) in [6, 6.07) is 13.3. The van der Waals surface area contributed by atoms with Crippen molar-refractivity contribution in [3.05, 3.63) is 91.2 Å². The average molecular weight is 402 g/mol. The first kappa shape index (κ1) is 19.1. The maximum Gasteiger partial charge on any atom is 0.270 e. The Morgan fingerprint density at radius 3 is 2.54 bits per heavy atom. The smallest absolute Gasteiger partial charge is 0.270 e. The SMILES string of the molecule is O=[N+]([O-])c1cccc(CO/N=C\c2ccc(-c3cc([N+](=O)[O-])ccc3Cl)o2)c1. The van der Waals surface area contributed by atoms with Gasteiger partial charge in [0.15, 0.2) is 0 Å². The fourth-order valence-electron chi connectivity index (χ4n) is 2.34. The molecule has 0 saturated heterocycles. The van der Waals surface area contributed by atoms with E-state index in [1.54, 1.807) is 24.3 Å². The van der Waals surface area contributed by atoms with Gasteiger partial charge in [0, 0.05) is 29.8 Å². The average Bonchev–Trinajstić information content (AvgIpc) is 3.14. The predicted molar refractivity (Wildman–Crippen MR) is 101 cm³/mol. The van der Waals surface area contributed by atoms with Crippen LogP contribution in [0.3, 0.4) is 0 Å². The molecule has 1 aromatic heterocycles. The van der Waals surface area contributed by atoms with Crippen molar-refractivity contribution in [2.45, 2.75) is 6.61 Å². The van der Waals surface area contributed by atoms with E-state index in [0.29, 0.717) is 27.7 Å². The third kappa shape index (κ3) is 4.51. The predicted octanol–water partition coefficient (Wildman–Crippen LogP) is 4.97. The number of hydrogen-bond donors (Lipinski definition) is 0. The molecule has 0 aliphatic carbocycles. The normalized spacial score (nSPS) is 10.9. The molecular formula is C18H12ClN3O6. The Kier molecular flexibility index (Phi) is 5.66. The van der Waals surface area contributed by atoms with Gasteiger partial charge in [0.25, 0.3) is 11.4 Å². The van der Waals surface area contributed by atoms with Crippen LogP contribution in [0, 0.1) is 20.2 Å². The molecule has 0 saturated carbocycles. The molecule has 0 fully saturated rings. The topological polar surface area (TPSA) is 121 Å². The zero-order valence-corrected chi connectivity index (χ0v) is 14.9. The molecule has 0 atom stereocenters. The van der Waals surface area contributed by atoms with Crippen LogP contribution < -0.4 is 0 Å². The van der Waals surface area contributed by atoms with Crippen molar-refractivity contribution in [3.8, 4) is 11.3 Å². The van der Waals surface area contributed by atoms with E-state index >= 15 is 0 Å². The lowest BCUT2D eigenvalue weighted by molar-refractivity contribution is -0.385. The molecule has 0 aliphatic rings. The van der Waals surface area contributed by atoms with Gasteiger partial charge in [-0.2, -0.15) is 0 Å². The maximum atomic E-state index is 10.9. The molecule has 10 heteroatoms. The molecule has 28 heavy (non-hydrogen) atoms. The van der Waals surface area contributed by atoms with Gasteiger partial charge in [0.2, 0.25) is 0 Å². The number of benzene rings is 2. The van der Waals surface area contributed by atoms with Crippen molar-refractivity contribution in [3.63, 3.8) is 0 Å². The first-order valence-corrected chi connectivity index (χ1v) is 8.24. The van der Waals surface area contributed by atoms with Crippen LogP contribution in [-0.4, -0.2) is 16.1 Å². The third-order valence-corrected chi connectivity index (χ3v) is 3.99. The van der Waals surface area contributed by atoms with Gasteiger partial charge in [-0.1, -0.05) is 28.9 Å². The zero-order chi connectivity index (χ0) is 20.1. The number of rotatable bonds is 7. The van der Waals surface area contributed by atoms with Crippen molar-refractivity contribution in [2.75, 3.05) is 0 Å². The number of furan rings is 1. The van der Waals surface area contributed by atoms with E-state index in [2.05, 4.69) is 5.16 Å². The van der Waals surface area contributed by atoms with Crippen LogP contribution in [0.2, 0.25) is 5.02 Å². The van der Waals surface area contributed by atoms with Crippen molar-refractivity contribution in [2.24, 2.45) is 5.16 Å². The van der Waals surface area contributed by atoms with Crippen molar-refractivity contribution >= 4 is 29.2 Å². The summed E-state index contributed by atoms with van der Waals surface area (Å²) in [5.41, 5.74) is 0.837. The van der Waals surface area contributed by atoms with E-state index in [-0.39, 0.29) is 18.0 Å². The molecule has 1 heterocycles. The van der Waals surface area contributed by atoms with E-state index < -0.39 is 9.85 Å². The van der Waals surface area contributed by atoms with E-state index in [4.69, 9.17) is 20.9 Å². The van der Waals surface area contributed by atoms with E-state index in [0.717, 1.165) is 0 Å². The number of nitrogens with zero attached hydrogens (tertiary/aromatic N) is 3. The molecule has 142 valence electrons. The lowest BCUT2D eigenvalue weighted by atomic mass is 10.1. The van der Waals surface area contributed by atoms with Crippen LogP contribution in [0.1, 0.15) is 11.3 Å². The Hall–Kier alpha value is -3.72. The summed E-state index contributed by atoms with van der Waals surface area (Å²) < 4.78 is 5.56. The Bertz CT molecular complexity index is 1060. The molecule has 0 radical (unpaired) electrons. The minimum atomic E-state index is -0.521. The van der Waals surface area contributed by atoms with Gasteiger partial charge in [-0.3, -0.25) is 20.2 Å². The van der Waals surface area contributed by atoms with Gasteiger partial charge in [-0.25, -0.2) is 0 Å². The quantitative estimate of drug-likeness (QED) is 0.313. The van der Waals surface area contributed by atoms with Gasteiger partial charge in [0.05, 0.1) is 14.9 Å². The largest absolute Gasteiger partial charge is 0.455 e. The number of nitro groups is 2. The number of hydrogen-bond acceptors (Lipinski definition) is 7. The van der Waals surface area contributed by atoms with Gasteiger partial charge >= 0.3 is 0 Å². The highest BCUT2D eigenvalue weighted by atomic mass is 35.5. The van der Waals surface area contributed by atoms with Crippen molar-refractivity contribution < 1.29 is 19.1 Å². The molecule has 0 amide bonds. The highest BCUT2D eigenvalue weighted by Crippen LogP contribution is 2.32. The lowest BCUT2D eigenvalue weighted by Gasteiger charge is -2.01. The van der Waals surface area contributed by atoms with Crippen LogP contribution in [0.25, 0.3) is 11.3 Å². The Morgan fingerprint density at radius 2 is 1.79 bits per heavy atom. The number of non-ortho nitro benzene ring substituents is 2. The third-order valence-electron chi connectivity index (χ3n) is 3.66. The van der Waals surface area contributed by atoms with E-state index in [9.17, 15) is 20.2 Å². The first-order valence-electron chi connectivity index (χ1n) is 7.87. The van der Waals surface area contributed by atoms with Crippen LogP contribution in [0.5, 0.6) is 0 Å². The Labute approximate surface area is 163 Å². The fourth-order valence-corrected chi connectivity index (χ4v) is 2.55. The van der Waals surface area contributed by atoms with Crippen LogP contribution in [0.4, 0.5) is 11.4 Å². The van der Waals surface area contributed by atoms with Gasteiger partial charge in [-0.05, 0) is 23.8 Å². The molecule has 0 spiro atoms. The van der Waals surface area contributed by atoms with Gasteiger partial charge < -0.3 is 9.25 Å². The summed E-state index contributed by atoms with van der Waals surface area (Å²) in [5.74, 6) is 0.686. The number of oxime groups is 1. The second-order valence-corrected chi connectivity index (χ2v) is 5.97. The fraction of sp³-hybridized carbons (Fsp3) is 0.0556. The standard InChI is InChI=1S/C18H12ClN3O6/c19-17-6-4-14(22(25)26)9-16(17)18-7-5-15(28-18)10-20-27-11-12-2-1-3-13(8-12)21(23)24/h1-10H,11H2/b20-10-. The molecule has 0 N–H and O–H groups in total.